The SMILES string of the molecule is O=S(=O)(CC1CC1)Nc1cc(Cl)nc(Cl)n1. The Morgan fingerprint density at radius 1 is 1.38 bits per heavy atom. The first-order valence-electron chi connectivity index (χ1n) is 4.65. The summed E-state index contributed by atoms with van der Waals surface area (Å²) < 4.78 is 25.6. The Morgan fingerprint density at radius 3 is 2.62 bits per heavy atom. The van der Waals surface area contributed by atoms with Crippen LogP contribution >= 0.6 is 23.2 Å². The smallest absolute Gasteiger partial charge is 0.234 e. The van der Waals surface area contributed by atoms with Gasteiger partial charge in [-0.3, -0.25) is 4.72 Å². The van der Waals surface area contributed by atoms with Gasteiger partial charge in [-0.1, -0.05) is 11.6 Å². The van der Waals surface area contributed by atoms with Gasteiger partial charge in [-0.2, -0.15) is 4.98 Å². The van der Waals surface area contributed by atoms with Gasteiger partial charge in [-0.05, 0) is 30.4 Å². The van der Waals surface area contributed by atoms with E-state index in [0.29, 0.717) is 0 Å². The normalized spacial score (nSPS) is 16.1. The number of aromatic nitrogens is 2. The summed E-state index contributed by atoms with van der Waals surface area (Å²) >= 11 is 11.2. The van der Waals surface area contributed by atoms with Crippen molar-refractivity contribution in [2.75, 3.05) is 10.5 Å². The summed E-state index contributed by atoms with van der Waals surface area (Å²) in [6.45, 7) is 0. The first kappa shape index (κ1) is 11.9. The molecule has 1 aliphatic rings. The Balaban J connectivity index is 2.12. The van der Waals surface area contributed by atoms with Gasteiger partial charge < -0.3 is 0 Å². The van der Waals surface area contributed by atoms with Gasteiger partial charge in [0.05, 0.1) is 5.75 Å². The van der Waals surface area contributed by atoms with E-state index in [-0.39, 0.29) is 27.9 Å². The van der Waals surface area contributed by atoms with E-state index in [4.69, 9.17) is 23.2 Å². The molecule has 5 nitrogen and oxygen atoms in total. The van der Waals surface area contributed by atoms with E-state index in [2.05, 4.69) is 14.7 Å². The highest BCUT2D eigenvalue weighted by atomic mass is 35.5. The lowest BCUT2D eigenvalue weighted by Gasteiger charge is -2.06. The molecule has 88 valence electrons. The van der Waals surface area contributed by atoms with Gasteiger partial charge in [-0.15, -0.1) is 0 Å². The third-order valence-corrected chi connectivity index (χ3v) is 3.87. The molecule has 1 aromatic heterocycles. The molecule has 2 rings (SSSR count). The highest BCUT2D eigenvalue weighted by Crippen LogP contribution is 2.30. The first-order valence-corrected chi connectivity index (χ1v) is 7.06. The number of hydrogen-bond donors (Lipinski definition) is 1. The minimum Gasteiger partial charge on any atom is -0.267 e. The highest BCUT2D eigenvalue weighted by molar-refractivity contribution is 7.92. The number of anilines is 1. The highest BCUT2D eigenvalue weighted by Gasteiger charge is 2.28. The predicted molar refractivity (Wildman–Crippen MR) is 62.2 cm³/mol. The summed E-state index contributed by atoms with van der Waals surface area (Å²) in [4.78, 5) is 7.35. The molecule has 0 unspecified atom stereocenters. The summed E-state index contributed by atoms with van der Waals surface area (Å²) in [7, 11) is -3.36. The van der Waals surface area contributed by atoms with Crippen LogP contribution in [0.15, 0.2) is 6.07 Å². The van der Waals surface area contributed by atoms with Crippen LogP contribution in [0.25, 0.3) is 0 Å². The van der Waals surface area contributed by atoms with Crippen molar-refractivity contribution in [2.45, 2.75) is 12.8 Å². The average molecular weight is 282 g/mol. The summed E-state index contributed by atoms with van der Waals surface area (Å²) in [5.41, 5.74) is 0. The van der Waals surface area contributed by atoms with E-state index in [1.54, 1.807) is 0 Å². The van der Waals surface area contributed by atoms with Crippen LogP contribution < -0.4 is 4.72 Å². The number of nitrogens with zero attached hydrogens (tertiary/aromatic N) is 2. The van der Waals surface area contributed by atoms with Crippen molar-refractivity contribution < 1.29 is 8.42 Å². The minimum atomic E-state index is -3.36. The molecule has 0 amide bonds. The van der Waals surface area contributed by atoms with E-state index in [1.807, 2.05) is 0 Å². The van der Waals surface area contributed by atoms with Crippen LogP contribution in [-0.4, -0.2) is 24.1 Å². The van der Waals surface area contributed by atoms with Crippen LogP contribution in [0.1, 0.15) is 12.8 Å². The van der Waals surface area contributed by atoms with Crippen LogP contribution in [0.4, 0.5) is 5.82 Å². The van der Waals surface area contributed by atoms with Gasteiger partial charge in [-0.25, -0.2) is 13.4 Å². The van der Waals surface area contributed by atoms with Crippen molar-refractivity contribution in [3.05, 3.63) is 16.5 Å². The summed E-state index contributed by atoms with van der Waals surface area (Å²) in [5.74, 6) is 0.489. The molecule has 0 saturated heterocycles. The van der Waals surface area contributed by atoms with Crippen LogP contribution in [0.2, 0.25) is 10.4 Å². The molecule has 0 atom stereocenters. The first-order chi connectivity index (χ1) is 7.44. The van der Waals surface area contributed by atoms with Crippen molar-refractivity contribution in [2.24, 2.45) is 5.92 Å². The second kappa shape index (κ2) is 4.35. The Bertz CT molecular complexity index is 482. The van der Waals surface area contributed by atoms with E-state index in [0.717, 1.165) is 12.8 Å². The third-order valence-electron chi connectivity index (χ3n) is 2.08. The van der Waals surface area contributed by atoms with Gasteiger partial charge in [0.15, 0.2) is 0 Å². The number of nitrogens with one attached hydrogen (secondary N) is 1. The van der Waals surface area contributed by atoms with Gasteiger partial charge in [0.2, 0.25) is 15.3 Å². The van der Waals surface area contributed by atoms with E-state index in [1.165, 1.54) is 6.07 Å². The fourth-order valence-electron chi connectivity index (χ4n) is 1.24. The molecular weight excluding hydrogens is 273 g/mol. The second-order valence-corrected chi connectivity index (χ2v) is 6.16. The number of halogens is 2. The molecule has 0 bridgehead atoms. The Labute approximate surface area is 103 Å². The number of rotatable bonds is 4. The molecule has 0 aromatic carbocycles. The van der Waals surface area contributed by atoms with Gasteiger partial charge >= 0.3 is 0 Å². The molecule has 8 heteroatoms. The van der Waals surface area contributed by atoms with Gasteiger partial charge in [0, 0.05) is 6.07 Å². The standard InChI is InChI=1S/C8H9Cl2N3O2S/c9-6-3-7(12-8(10)11-6)13-16(14,15)4-5-1-2-5/h3,5H,1-2,4H2,(H,11,12,13). The monoisotopic (exact) mass is 281 g/mol. The zero-order valence-electron chi connectivity index (χ0n) is 8.15. The van der Waals surface area contributed by atoms with Gasteiger partial charge in [0.1, 0.15) is 11.0 Å². The maximum Gasteiger partial charge on any atom is 0.234 e. The molecule has 1 aliphatic carbocycles. The zero-order valence-corrected chi connectivity index (χ0v) is 10.5. The van der Waals surface area contributed by atoms with Crippen LogP contribution in [0, 0.1) is 5.92 Å². The van der Waals surface area contributed by atoms with Crippen LogP contribution in [0.5, 0.6) is 0 Å². The fraction of sp³-hybridized carbons (Fsp3) is 0.500. The minimum absolute atomic E-state index is 0.0865. The predicted octanol–water partition coefficient (Wildman–Crippen LogP) is 1.94. The molecule has 1 N–H and O–H groups in total. The zero-order chi connectivity index (χ0) is 11.8. The summed E-state index contributed by atoms with van der Waals surface area (Å²) in [5, 5.41) is 0.0146. The molecule has 1 fully saturated rings. The topological polar surface area (TPSA) is 72.0 Å². The Hall–Kier alpha value is -0.590. The molecule has 0 radical (unpaired) electrons. The largest absolute Gasteiger partial charge is 0.267 e. The Kier molecular flexibility index (Phi) is 3.23. The van der Waals surface area contributed by atoms with Crippen molar-refractivity contribution in [1.82, 2.24) is 9.97 Å². The van der Waals surface area contributed by atoms with Crippen LogP contribution in [0.3, 0.4) is 0 Å². The third kappa shape index (κ3) is 3.47. The van der Waals surface area contributed by atoms with Gasteiger partial charge in [0.25, 0.3) is 0 Å². The van der Waals surface area contributed by atoms with Crippen molar-refractivity contribution in [1.29, 1.82) is 0 Å². The summed E-state index contributed by atoms with van der Waals surface area (Å²) in [6.07, 6.45) is 1.93. The maximum absolute atomic E-state index is 11.6. The molecule has 0 spiro atoms. The van der Waals surface area contributed by atoms with Crippen molar-refractivity contribution >= 4 is 39.0 Å². The molecule has 16 heavy (non-hydrogen) atoms. The maximum atomic E-state index is 11.6. The number of hydrogen-bond acceptors (Lipinski definition) is 4. The van der Waals surface area contributed by atoms with Crippen molar-refractivity contribution in [3.8, 4) is 0 Å². The second-order valence-electron chi connectivity index (χ2n) is 3.67. The summed E-state index contributed by atoms with van der Waals surface area (Å²) in [6, 6.07) is 1.32. The molecule has 1 saturated carbocycles. The van der Waals surface area contributed by atoms with E-state index < -0.39 is 10.0 Å². The van der Waals surface area contributed by atoms with Crippen LogP contribution in [-0.2, 0) is 10.0 Å². The molecular formula is C8H9Cl2N3O2S. The quantitative estimate of drug-likeness (QED) is 0.676. The fourth-order valence-corrected chi connectivity index (χ4v) is 3.11. The molecule has 0 aliphatic heterocycles. The lowest BCUT2D eigenvalue weighted by atomic mass is 10.5. The number of sulfonamides is 1. The lowest BCUT2D eigenvalue weighted by Crippen LogP contribution is -2.18. The van der Waals surface area contributed by atoms with Crippen molar-refractivity contribution in [3.63, 3.8) is 0 Å². The molecule has 1 heterocycles. The van der Waals surface area contributed by atoms with E-state index >= 15 is 0 Å². The Morgan fingerprint density at radius 2 is 2.06 bits per heavy atom. The molecule has 1 aromatic rings. The average Bonchev–Trinajstić information content (AvgIpc) is 2.83. The lowest BCUT2D eigenvalue weighted by molar-refractivity contribution is 0.597. The van der Waals surface area contributed by atoms with E-state index in [9.17, 15) is 8.42 Å².